The Hall–Kier alpha value is -7.72. The van der Waals surface area contributed by atoms with Crippen LogP contribution in [0.25, 0.3) is 91.8 Å². The van der Waals surface area contributed by atoms with Crippen molar-refractivity contribution in [3.8, 4) is 39.1 Å². The molecule has 0 aliphatic heterocycles. The molecule has 0 radical (unpaired) electrons. The number of aromatic nitrogens is 1. The molecule has 61 heavy (non-hydrogen) atoms. The highest BCUT2D eigenvalue weighted by molar-refractivity contribution is 7.26. The summed E-state index contributed by atoms with van der Waals surface area (Å²) in [5, 5.41) is 7.44. The first kappa shape index (κ1) is 35.2. The molecule has 0 aliphatic carbocycles. The Kier molecular flexibility index (Phi) is 8.39. The van der Waals surface area contributed by atoms with Crippen LogP contribution in [0, 0.1) is 0 Å². The fourth-order valence-electron chi connectivity index (χ4n) is 9.32. The van der Waals surface area contributed by atoms with Gasteiger partial charge in [0, 0.05) is 53.4 Å². The second kappa shape index (κ2) is 14.5. The van der Waals surface area contributed by atoms with E-state index in [0.717, 1.165) is 22.7 Å². The standard InChI is InChI=1S/C58H38N2S/c1-4-15-39(16-5-1)41-27-32-46(33-28-41)59(47-34-29-42(30-35-47)40-17-6-2-7-18-40)54-38-43-19-10-11-22-48(43)57-56(54)52-36-31-44(37-53(52)60(57)45-20-8-3-9-21-45)49-24-14-25-51-50-23-12-13-26-55(50)61-58(49)51/h1-38H. The molecule has 12 rings (SSSR count). The molecule has 2 heterocycles. The molecule has 0 unspecified atom stereocenters. The average molecular weight is 795 g/mol. The van der Waals surface area contributed by atoms with Crippen LogP contribution in [0.15, 0.2) is 231 Å². The van der Waals surface area contributed by atoms with E-state index in [4.69, 9.17) is 0 Å². The number of nitrogens with zero attached hydrogens (tertiary/aromatic N) is 2. The lowest BCUT2D eigenvalue weighted by atomic mass is 9.99. The molecule has 0 amide bonds. The van der Waals surface area contributed by atoms with Gasteiger partial charge in [-0.15, -0.1) is 11.3 Å². The van der Waals surface area contributed by atoms with Crippen LogP contribution >= 0.6 is 11.3 Å². The van der Waals surface area contributed by atoms with Gasteiger partial charge < -0.3 is 9.47 Å². The van der Waals surface area contributed by atoms with Gasteiger partial charge in [-0.2, -0.15) is 0 Å². The average Bonchev–Trinajstić information content (AvgIpc) is 3.89. The van der Waals surface area contributed by atoms with Crippen molar-refractivity contribution in [2.45, 2.75) is 0 Å². The lowest BCUT2D eigenvalue weighted by Gasteiger charge is -2.27. The molecule has 0 N–H and O–H groups in total. The van der Waals surface area contributed by atoms with Gasteiger partial charge in [0.2, 0.25) is 0 Å². The third-order valence-electron chi connectivity index (χ3n) is 12.2. The number of hydrogen-bond acceptors (Lipinski definition) is 2. The maximum Gasteiger partial charge on any atom is 0.0640 e. The molecule has 2 aromatic heterocycles. The minimum Gasteiger partial charge on any atom is -0.310 e. The van der Waals surface area contributed by atoms with Gasteiger partial charge in [-0.3, -0.25) is 0 Å². The van der Waals surface area contributed by atoms with Crippen LogP contribution in [0.4, 0.5) is 17.1 Å². The molecule has 12 aromatic rings. The molecule has 3 heteroatoms. The maximum absolute atomic E-state index is 2.50. The summed E-state index contributed by atoms with van der Waals surface area (Å²) < 4.78 is 5.13. The summed E-state index contributed by atoms with van der Waals surface area (Å²) in [5.74, 6) is 0. The second-order valence-corrected chi connectivity index (χ2v) is 16.7. The van der Waals surface area contributed by atoms with Crippen molar-refractivity contribution < 1.29 is 0 Å². The zero-order chi connectivity index (χ0) is 40.3. The fourth-order valence-corrected chi connectivity index (χ4v) is 10.6. The molecule has 0 fully saturated rings. The first-order valence-corrected chi connectivity index (χ1v) is 21.7. The number of thiophene rings is 1. The lowest BCUT2D eigenvalue weighted by molar-refractivity contribution is 1.19. The molecule has 0 aliphatic rings. The van der Waals surface area contributed by atoms with Crippen LogP contribution in [0.5, 0.6) is 0 Å². The van der Waals surface area contributed by atoms with Crippen LogP contribution in [-0.4, -0.2) is 4.57 Å². The quantitative estimate of drug-likeness (QED) is 0.156. The molecule has 0 bridgehead atoms. The molecule has 10 aromatic carbocycles. The Morgan fingerprint density at radius 3 is 1.59 bits per heavy atom. The monoisotopic (exact) mass is 794 g/mol. The number of fused-ring (bicyclic) bond motifs is 8. The largest absolute Gasteiger partial charge is 0.310 e. The minimum atomic E-state index is 1.09. The van der Waals surface area contributed by atoms with Crippen molar-refractivity contribution in [2.75, 3.05) is 4.90 Å². The van der Waals surface area contributed by atoms with Crippen LogP contribution in [0.3, 0.4) is 0 Å². The summed E-state index contributed by atoms with van der Waals surface area (Å²) in [6, 6.07) is 84.2. The smallest absolute Gasteiger partial charge is 0.0640 e. The fraction of sp³-hybridized carbons (Fsp3) is 0. The highest BCUT2D eigenvalue weighted by Crippen LogP contribution is 2.49. The number of benzene rings is 10. The predicted octanol–water partition coefficient (Wildman–Crippen LogP) is 16.8. The molecule has 0 atom stereocenters. The number of rotatable bonds is 7. The summed E-state index contributed by atoms with van der Waals surface area (Å²) in [6.45, 7) is 0. The van der Waals surface area contributed by atoms with E-state index in [9.17, 15) is 0 Å². The first-order valence-electron chi connectivity index (χ1n) is 20.8. The third-order valence-corrected chi connectivity index (χ3v) is 13.4. The highest BCUT2D eigenvalue weighted by Gasteiger charge is 2.24. The minimum absolute atomic E-state index is 1.09. The highest BCUT2D eigenvalue weighted by atomic mass is 32.1. The van der Waals surface area contributed by atoms with Crippen molar-refractivity contribution in [1.82, 2.24) is 4.57 Å². The zero-order valence-electron chi connectivity index (χ0n) is 33.2. The van der Waals surface area contributed by atoms with Crippen molar-refractivity contribution in [3.63, 3.8) is 0 Å². The Morgan fingerprint density at radius 1 is 0.377 bits per heavy atom. The maximum atomic E-state index is 2.50. The van der Waals surface area contributed by atoms with Crippen LogP contribution in [-0.2, 0) is 0 Å². The zero-order valence-corrected chi connectivity index (χ0v) is 34.1. The summed E-state index contributed by atoms with van der Waals surface area (Å²) in [6.07, 6.45) is 0. The van der Waals surface area contributed by atoms with E-state index < -0.39 is 0 Å². The molecule has 0 spiro atoms. The van der Waals surface area contributed by atoms with E-state index in [0.29, 0.717) is 0 Å². The molecule has 286 valence electrons. The van der Waals surface area contributed by atoms with E-state index in [2.05, 4.69) is 240 Å². The van der Waals surface area contributed by atoms with E-state index in [1.165, 1.54) is 86.1 Å². The Bertz CT molecular complexity index is 3470. The SMILES string of the molecule is c1ccc(-c2ccc(N(c3ccc(-c4ccccc4)cc3)c3cc4ccccc4c4c3c3ccc(-c5cccc6c5sc5ccccc56)cc3n4-c3ccccc3)cc2)cc1. The van der Waals surface area contributed by atoms with E-state index >= 15 is 0 Å². The topological polar surface area (TPSA) is 8.17 Å². The number of hydrogen-bond donors (Lipinski definition) is 0. The summed E-state index contributed by atoms with van der Waals surface area (Å²) in [7, 11) is 0. The number of para-hydroxylation sites is 1. The van der Waals surface area contributed by atoms with Gasteiger partial charge in [-0.25, -0.2) is 0 Å². The van der Waals surface area contributed by atoms with Gasteiger partial charge in [-0.05, 0) is 93.4 Å². The molecule has 2 nitrogen and oxygen atoms in total. The molecular weight excluding hydrogens is 757 g/mol. The van der Waals surface area contributed by atoms with Gasteiger partial charge in [0.05, 0.1) is 16.7 Å². The van der Waals surface area contributed by atoms with Gasteiger partial charge >= 0.3 is 0 Å². The van der Waals surface area contributed by atoms with Gasteiger partial charge in [0.25, 0.3) is 0 Å². The Morgan fingerprint density at radius 2 is 0.918 bits per heavy atom. The first-order chi connectivity index (χ1) is 30.3. The van der Waals surface area contributed by atoms with Crippen LogP contribution in [0.2, 0.25) is 0 Å². The summed E-state index contributed by atoms with van der Waals surface area (Å²) in [5.41, 5.74) is 14.1. The van der Waals surface area contributed by atoms with Crippen molar-refractivity contribution in [2.24, 2.45) is 0 Å². The van der Waals surface area contributed by atoms with E-state index in [1.807, 2.05) is 11.3 Å². The second-order valence-electron chi connectivity index (χ2n) is 15.7. The molecule has 0 saturated heterocycles. The Labute approximate surface area is 358 Å². The molecular formula is C58H38N2S. The third kappa shape index (κ3) is 5.93. The van der Waals surface area contributed by atoms with Crippen LogP contribution in [0.1, 0.15) is 0 Å². The predicted molar refractivity (Wildman–Crippen MR) is 262 cm³/mol. The summed E-state index contributed by atoms with van der Waals surface area (Å²) in [4.78, 5) is 2.46. The number of anilines is 3. The van der Waals surface area contributed by atoms with Crippen molar-refractivity contribution >= 4 is 81.1 Å². The van der Waals surface area contributed by atoms with Gasteiger partial charge in [-0.1, -0.05) is 176 Å². The van der Waals surface area contributed by atoms with E-state index in [-0.39, 0.29) is 0 Å². The van der Waals surface area contributed by atoms with Gasteiger partial charge in [0.1, 0.15) is 0 Å². The lowest BCUT2D eigenvalue weighted by Crippen LogP contribution is -2.10. The van der Waals surface area contributed by atoms with Crippen molar-refractivity contribution in [1.29, 1.82) is 0 Å². The normalized spacial score (nSPS) is 11.6. The Balaban J connectivity index is 1.15. The van der Waals surface area contributed by atoms with Crippen LogP contribution < -0.4 is 4.90 Å². The van der Waals surface area contributed by atoms with Gasteiger partial charge in [0.15, 0.2) is 0 Å². The summed E-state index contributed by atoms with van der Waals surface area (Å²) >= 11 is 1.88. The van der Waals surface area contributed by atoms with E-state index in [1.54, 1.807) is 0 Å². The molecule has 0 saturated carbocycles. The van der Waals surface area contributed by atoms with Crippen molar-refractivity contribution in [3.05, 3.63) is 231 Å².